The van der Waals surface area contributed by atoms with Crippen molar-refractivity contribution in [1.82, 2.24) is 14.9 Å². The maximum absolute atomic E-state index is 12.8. The van der Waals surface area contributed by atoms with Crippen LogP contribution in [0, 0.1) is 5.92 Å². The Kier molecular flexibility index (Phi) is 7.87. The molecule has 0 bridgehead atoms. The molecule has 0 radical (unpaired) electrons. The van der Waals surface area contributed by atoms with Gasteiger partial charge in [-0.2, -0.15) is 4.31 Å². The third-order valence-electron chi connectivity index (χ3n) is 5.46. The number of piperidine rings is 1. The minimum Gasteiger partial charge on any atom is -0.357 e. The van der Waals surface area contributed by atoms with Crippen LogP contribution in [0.2, 0.25) is 0 Å². The standard InChI is InChI=1S/C23H32N4O2S/c1-3-24-23(26-19(2)21-10-6-4-7-11-21)25-18-20-14-16-27(17-15-20)30(28,29)22-12-8-5-9-13-22/h4-13,19-20H,3,14-18H2,1-2H3,(H2,24,25,26). The molecule has 0 amide bonds. The average molecular weight is 429 g/mol. The Hall–Kier alpha value is -2.38. The molecule has 2 aromatic carbocycles. The number of hydrogen-bond donors (Lipinski definition) is 2. The highest BCUT2D eigenvalue weighted by molar-refractivity contribution is 7.89. The first-order valence-electron chi connectivity index (χ1n) is 10.7. The van der Waals surface area contributed by atoms with Crippen LogP contribution in [0.5, 0.6) is 0 Å². The van der Waals surface area contributed by atoms with Gasteiger partial charge in [-0.05, 0) is 50.3 Å². The van der Waals surface area contributed by atoms with Gasteiger partial charge in [-0.3, -0.25) is 4.99 Å². The van der Waals surface area contributed by atoms with E-state index in [1.54, 1.807) is 28.6 Å². The van der Waals surface area contributed by atoms with Crippen molar-refractivity contribution in [2.24, 2.45) is 10.9 Å². The molecule has 0 aliphatic carbocycles. The Morgan fingerprint density at radius 1 is 1.07 bits per heavy atom. The van der Waals surface area contributed by atoms with E-state index in [0.717, 1.165) is 25.3 Å². The molecule has 1 heterocycles. The molecule has 30 heavy (non-hydrogen) atoms. The van der Waals surface area contributed by atoms with Crippen LogP contribution in [-0.2, 0) is 10.0 Å². The van der Waals surface area contributed by atoms with Gasteiger partial charge in [0.2, 0.25) is 10.0 Å². The lowest BCUT2D eigenvalue weighted by Gasteiger charge is -2.30. The van der Waals surface area contributed by atoms with Crippen molar-refractivity contribution in [3.05, 3.63) is 66.2 Å². The first kappa shape index (κ1) is 22.3. The molecule has 1 unspecified atom stereocenters. The van der Waals surface area contributed by atoms with Crippen molar-refractivity contribution in [2.75, 3.05) is 26.2 Å². The molecule has 6 nitrogen and oxygen atoms in total. The largest absolute Gasteiger partial charge is 0.357 e. The molecule has 1 saturated heterocycles. The van der Waals surface area contributed by atoms with Gasteiger partial charge in [0.1, 0.15) is 0 Å². The van der Waals surface area contributed by atoms with Crippen molar-refractivity contribution in [2.45, 2.75) is 37.6 Å². The smallest absolute Gasteiger partial charge is 0.243 e. The molecule has 3 rings (SSSR count). The van der Waals surface area contributed by atoms with Gasteiger partial charge in [-0.15, -0.1) is 0 Å². The van der Waals surface area contributed by atoms with Gasteiger partial charge >= 0.3 is 0 Å². The van der Waals surface area contributed by atoms with Crippen LogP contribution in [-0.4, -0.2) is 44.9 Å². The lowest BCUT2D eigenvalue weighted by molar-refractivity contribution is 0.278. The summed E-state index contributed by atoms with van der Waals surface area (Å²) in [5.74, 6) is 1.18. The highest BCUT2D eigenvalue weighted by Gasteiger charge is 2.29. The van der Waals surface area contributed by atoms with E-state index < -0.39 is 10.0 Å². The summed E-state index contributed by atoms with van der Waals surface area (Å²) in [6.45, 7) is 6.74. The van der Waals surface area contributed by atoms with E-state index in [9.17, 15) is 8.42 Å². The summed E-state index contributed by atoms with van der Waals surface area (Å²) in [6.07, 6.45) is 1.65. The fraction of sp³-hybridized carbons (Fsp3) is 0.435. The zero-order valence-electron chi connectivity index (χ0n) is 17.8. The molecule has 0 saturated carbocycles. The second-order valence-corrected chi connectivity index (χ2v) is 9.59. The van der Waals surface area contributed by atoms with Gasteiger partial charge in [-0.1, -0.05) is 48.5 Å². The third-order valence-corrected chi connectivity index (χ3v) is 7.37. The number of aliphatic imine (C=N–C) groups is 1. The topological polar surface area (TPSA) is 73.8 Å². The minimum absolute atomic E-state index is 0.155. The van der Waals surface area contributed by atoms with Crippen molar-refractivity contribution in [1.29, 1.82) is 0 Å². The SMILES string of the molecule is CCNC(=NCC1CCN(S(=O)(=O)c2ccccc2)CC1)NC(C)c1ccccc1. The maximum atomic E-state index is 12.8. The number of guanidine groups is 1. The molecule has 1 fully saturated rings. The molecule has 1 atom stereocenters. The van der Waals surface area contributed by atoms with Crippen molar-refractivity contribution < 1.29 is 8.42 Å². The molecule has 1 aliphatic rings. The van der Waals surface area contributed by atoms with Crippen LogP contribution in [0.25, 0.3) is 0 Å². The molecule has 1 aliphatic heterocycles. The number of benzene rings is 2. The van der Waals surface area contributed by atoms with Crippen LogP contribution in [0.15, 0.2) is 70.6 Å². The van der Waals surface area contributed by atoms with Crippen molar-refractivity contribution in [3.8, 4) is 0 Å². The fourth-order valence-corrected chi connectivity index (χ4v) is 5.14. The van der Waals surface area contributed by atoms with Gasteiger partial charge in [0.25, 0.3) is 0 Å². The van der Waals surface area contributed by atoms with Gasteiger partial charge in [0.15, 0.2) is 5.96 Å². The number of sulfonamides is 1. The van der Waals surface area contributed by atoms with Gasteiger partial charge in [0.05, 0.1) is 10.9 Å². The predicted octanol–water partition coefficient (Wildman–Crippen LogP) is 3.40. The quantitative estimate of drug-likeness (QED) is 0.524. The zero-order valence-corrected chi connectivity index (χ0v) is 18.6. The number of hydrogen-bond acceptors (Lipinski definition) is 3. The summed E-state index contributed by atoms with van der Waals surface area (Å²) in [4.78, 5) is 5.14. The van der Waals surface area contributed by atoms with Crippen LogP contribution in [0.4, 0.5) is 0 Å². The Bertz CT molecular complexity index is 909. The summed E-state index contributed by atoms with van der Waals surface area (Å²) in [6, 6.07) is 19.1. The Morgan fingerprint density at radius 2 is 1.67 bits per heavy atom. The summed E-state index contributed by atoms with van der Waals surface area (Å²) < 4.78 is 27.2. The highest BCUT2D eigenvalue weighted by Crippen LogP contribution is 2.24. The summed E-state index contributed by atoms with van der Waals surface area (Å²) in [5, 5.41) is 6.77. The Morgan fingerprint density at radius 3 is 2.27 bits per heavy atom. The molecule has 162 valence electrons. The van der Waals surface area contributed by atoms with Crippen LogP contribution >= 0.6 is 0 Å². The van der Waals surface area contributed by atoms with Crippen molar-refractivity contribution >= 4 is 16.0 Å². The minimum atomic E-state index is -3.40. The number of nitrogens with one attached hydrogen (secondary N) is 2. The second-order valence-electron chi connectivity index (χ2n) is 7.66. The molecule has 7 heteroatoms. The number of rotatable bonds is 7. The molecule has 2 aromatic rings. The van der Waals surface area contributed by atoms with Crippen LogP contribution < -0.4 is 10.6 Å². The van der Waals surface area contributed by atoms with E-state index in [0.29, 0.717) is 30.4 Å². The lowest BCUT2D eigenvalue weighted by atomic mass is 9.98. The second kappa shape index (κ2) is 10.6. The first-order chi connectivity index (χ1) is 14.5. The van der Waals surface area contributed by atoms with E-state index in [2.05, 4.69) is 36.6 Å². The van der Waals surface area contributed by atoms with Crippen molar-refractivity contribution in [3.63, 3.8) is 0 Å². The molecule has 0 aromatic heterocycles. The van der Waals surface area contributed by atoms with E-state index in [4.69, 9.17) is 4.99 Å². The fourth-order valence-electron chi connectivity index (χ4n) is 3.64. The van der Waals surface area contributed by atoms with Crippen LogP contribution in [0.1, 0.15) is 38.3 Å². The first-order valence-corrected chi connectivity index (χ1v) is 12.1. The highest BCUT2D eigenvalue weighted by atomic mass is 32.2. The normalized spacial score (nSPS) is 17.5. The lowest BCUT2D eigenvalue weighted by Crippen LogP contribution is -2.41. The van der Waals surface area contributed by atoms with E-state index in [-0.39, 0.29) is 6.04 Å². The van der Waals surface area contributed by atoms with E-state index in [1.807, 2.05) is 24.3 Å². The van der Waals surface area contributed by atoms with E-state index >= 15 is 0 Å². The summed E-state index contributed by atoms with van der Waals surface area (Å²) >= 11 is 0. The predicted molar refractivity (Wildman–Crippen MR) is 122 cm³/mol. The van der Waals surface area contributed by atoms with Crippen LogP contribution in [0.3, 0.4) is 0 Å². The molecular weight excluding hydrogens is 396 g/mol. The van der Waals surface area contributed by atoms with Gasteiger partial charge in [0, 0.05) is 26.2 Å². The Labute approximate surface area is 180 Å². The molecular formula is C23H32N4O2S. The molecule has 2 N–H and O–H groups in total. The Balaban J connectivity index is 1.55. The monoisotopic (exact) mass is 428 g/mol. The third kappa shape index (κ3) is 5.83. The maximum Gasteiger partial charge on any atom is 0.243 e. The summed E-state index contributed by atoms with van der Waals surface area (Å²) in [7, 11) is -3.40. The average Bonchev–Trinajstić information content (AvgIpc) is 2.79. The van der Waals surface area contributed by atoms with Gasteiger partial charge in [-0.25, -0.2) is 8.42 Å². The zero-order chi connectivity index (χ0) is 21.4. The molecule has 0 spiro atoms. The van der Waals surface area contributed by atoms with Gasteiger partial charge < -0.3 is 10.6 Å². The number of nitrogens with zero attached hydrogens (tertiary/aromatic N) is 2. The summed E-state index contributed by atoms with van der Waals surface area (Å²) in [5.41, 5.74) is 1.21. The van der Waals surface area contributed by atoms with E-state index in [1.165, 1.54) is 5.56 Å².